The van der Waals surface area contributed by atoms with Crippen LogP contribution in [0.2, 0.25) is 0 Å². The van der Waals surface area contributed by atoms with Crippen molar-refractivity contribution in [3.8, 4) is 17.2 Å². The Kier molecular flexibility index (Phi) is 7.64. The monoisotopic (exact) mass is 457 g/mol. The highest BCUT2D eigenvalue weighted by molar-refractivity contribution is 7.09. The molecule has 33 heavy (non-hydrogen) atoms. The molecule has 0 aliphatic heterocycles. The summed E-state index contributed by atoms with van der Waals surface area (Å²) in [6.07, 6.45) is 7.71. The first-order chi connectivity index (χ1) is 16.1. The van der Waals surface area contributed by atoms with Gasteiger partial charge in [-0.1, -0.05) is 61.7 Å². The van der Waals surface area contributed by atoms with Crippen LogP contribution in [-0.2, 0) is 17.6 Å². The van der Waals surface area contributed by atoms with E-state index in [1.807, 2.05) is 53.9 Å². The molecule has 0 radical (unpaired) electrons. The minimum atomic E-state index is -0.530. The molecule has 1 aliphatic carbocycles. The third-order valence-corrected chi connectivity index (χ3v) is 6.93. The summed E-state index contributed by atoms with van der Waals surface area (Å²) in [5.74, 6) is 0.105. The number of Topliss-reactive ketones (excluding diaryl/α,β-unsaturated/α-hetero) is 1. The molecule has 5 nitrogen and oxygen atoms in total. The number of benzene rings is 2. The Balaban J connectivity index is 1.39. The lowest BCUT2D eigenvalue weighted by Gasteiger charge is -2.22. The van der Waals surface area contributed by atoms with E-state index in [1.165, 1.54) is 17.8 Å². The van der Waals surface area contributed by atoms with Crippen LogP contribution in [0.25, 0.3) is 11.1 Å². The summed E-state index contributed by atoms with van der Waals surface area (Å²) < 4.78 is 0. The molecule has 1 amide bonds. The molecule has 1 aromatic heterocycles. The minimum absolute atomic E-state index is 0.0112. The fourth-order valence-electron chi connectivity index (χ4n) is 4.30. The number of carbonyl (C=O) groups excluding carboxylic acids is 2. The van der Waals surface area contributed by atoms with Crippen LogP contribution in [0.15, 0.2) is 60.1 Å². The van der Waals surface area contributed by atoms with Crippen LogP contribution >= 0.6 is 11.3 Å². The maximum Gasteiger partial charge on any atom is 0.224 e. The largest absolute Gasteiger partial charge is 0.340 e. The molecule has 1 N–H and O–H groups in total. The number of aromatic nitrogens is 1. The van der Waals surface area contributed by atoms with Gasteiger partial charge in [-0.05, 0) is 35.6 Å². The van der Waals surface area contributed by atoms with Crippen LogP contribution in [0.5, 0.6) is 0 Å². The van der Waals surface area contributed by atoms with Gasteiger partial charge in [0, 0.05) is 29.5 Å². The maximum atomic E-state index is 12.6. The van der Waals surface area contributed by atoms with Crippen molar-refractivity contribution in [2.75, 3.05) is 0 Å². The van der Waals surface area contributed by atoms with Gasteiger partial charge in [-0.15, -0.1) is 11.3 Å². The molecular weight excluding hydrogens is 430 g/mol. The summed E-state index contributed by atoms with van der Waals surface area (Å²) in [4.78, 5) is 29.3. The van der Waals surface area contributed by atoms with Crippen molar-refractivity contribution >= 4 is 23.0 Å². The second-order valence-electron chi connectivity index (χ2n) is 8.53. The third kappa shape index (κ3) is 6.15. The van der Waals surface area contributed by atoms with Gasteiger partial charge in [-0.2, -0.15) is 5.26 Å². The van der Waals surface area contributed by atoms with Gasteiger partial charge in [-0.3, -0.25) is 9.59 Å². The number of nitrogens with zero attached hydrogens (tertiary/aromatic N) is 2. The quantitative estimate of drug-likeness (QED) is 0.461. The number of rotatable bonds is 8. The molecule has 0 unspecified atom stereocenters. The van der Waals surface area contributed by atoms with Crippen LogP contribution in [0.4, 0.5) is 0 Å². The second-order valence-corrected chi connectivity index (χ2v) is 9.51. The van der Waals surface area contributed by atoms with Crippen molar-refractivity contribution in [3.63, 3.8) is 0 Å². The average molecular weight is 458 g/mol. The van der Waals surface area contributed by atoms with Crippen LogP contribution in [0.3, 0.4) is 0 Å². The molecule has 2 aromatic carbocycles. The average Bonchev–Trinajstić information content (AvgIpc) is 3.37. The van der Waals surface area contributed by atoms with E-state index in [2.05, 4.69) is 16.4 Å². The molecule has 0 spiro atoms. The summed E-state index contributed by atoms with van der Waals surface area (Å²) >= 11 is 1.49. The fraction of sp³-hybridized carbons (Fsp3) is 0.333. The first-order valence-electron chi connectivity index (χ1n) is 11.4. The zero-order valence-corrected chi connectivity index (χ0v) is 19.3. The van der Waals surface area contributed by atoms with Crippen molar-refractivity contribution in [2.45, 2.75) is 51.0 Å². The van der Waals surface area contributed by atoms with Gasteiger partial charge in [0.25, 0.3) is 0 Å². The van der Waals surface area contributed by atoms with Gasteiger partial charge in [0.1, 0.15) is 11.0 Å². The zero-order chi connectivity index (χ0) is 23.0. The van der Waals surface area contributed by atoms with Gasteiger partial charge in [-0.25, -0.2) is 4.98 Å². The van der Waals surface area contributed by atoms with E-state index in [1.54, 1.807) is 6.20 Å². The molecule has 1 atom stereocenters. The highest BCUT2D eigenvalue weighted by atomic mass is 32.1. The lowest BCUT2D eigenvalue weighted by molar-refractivity contribution is -0.126. The van der Waals surface area contributed by atoms with Crippen molar-refractivity contribution in [1.29, 1.82) is 5.26 Å². The van der Waals surface area contributed by atoms with Gasteiger partial charge in [0.2, 0.25) is 5.91 Å². The zero-order valence-electron chi connectivity index (χ0n) is 18.5. The minimum Gasteiger partial charge on any atom is -0.340 e. The number of amides is 1. The number of carbonyl (C=O) groups is 2. The van der Waals surface area contributed by atoms with E-state index in [0.717, 1.165) is 47.4 Å². The Morgan fingerprint density at radius 1 is 1.09 bits per heavy atom. The summed E-state index contributed by atoms with van der Waals surface area (Å²) in [5.41, 5.74) is 3.63. The summed E-state index contributed by atoms with van der Waals surface area (Å²) in [7, 11) is 0. The first kappa shape index (κ1) is 22.9. The SMILES string of the molecule is N#C[C@H](Cc1ccc(-c2cccc(C(=O)Cc3nccs3)c2)cc1)NC(=O)C1CCCCC1. The Hall–Kier alpha value is -3.30. The van der Waals surface area contributed by atoms with Crippen LogP contribution in [0.1, 0.15) is 53.0 Å². The lowest BCUT2D eigenvalue weighted by Crippen LogP contribution is -2.40. The lowest BCUT2D eigenvalue weighted by atomic mass is 9.88. The van der Waals surface area contributed by atoms with E-state index in [9.17, 15) is 14.9 Å². The van der Waals surface area contributed by atoms with Gasteiger partial charge >= 0.3 is 0 Å². The highest BCUT2D eigenvalue weighted by Gasteiger charge is 2.23. The van der Waals surface area contributed by atoms with E-state index in [4.69, 9.17) is 0 Å². The molecule has 1 aliphatic rings. The van der Waals surface area contributed by atoms with E-state index in [0.29, 0.717) is 18.4 Å². The van der Waals surface area contributed by atoms with Gasteiger partial charge in [0.05, 0.1) is 12.5 Å². The van der Waals surface area contributed by atoms with Crippen molar-refractivity contribution < 1.29 is 9.59 Å². The van der Waals surface area contributed by atoms with E-state index >= 15 is 0 Å². The Labute approximate surface area is 198 Å². The number of thiazole rings is 1. The van der Waals surface area contributed by atoms with Crippen molar-refractivity contribution in [1.82, 2.24) is 10.3 Å². The number of hydrogen-bond acceptors (Lipinski definition) is 5. The van der Waals surface area contributed by atoms with Crippen LogP contribution in [0, 0.1) is 17.2 Å². The summed E-state index contributed by atoms with van der Waals surface area (Å²) in [6, 6.07) is 17.3. The number of nitriles is 1. The normalized spacial score (nSPS) is 14.9. The molecular formula is C27H27N3O2S. The van der Waals surface area contributed by atoms with E-state index < -0.39 is 6.04 Å². The van der Waals surface area contributed by atoms with Crippen molar-refractivity contribution in [2.24, 2.45) is 5.92 Å². The van der Waals surface area contributed by atoms with E-state index in [-0.39, 0.29) is 17.6 Å². The maximum absolute atomic E-state index is 12.6. The molecule has 3 aromatic rings. The molecule has 1 saturated carbocycles. The van der Waals surface area contributed by atoms with Gasteiger partial charge in [0.15, 0.2) is 5.78 Å². The Bertz CT molecular complexity index is 1130. The molecule has 6 heteroatoms. The first-order valence-corrected chi connectivity index (χ1v) is 12.3. The standard InChI is InChI=1S/C27H27N3O2S/c28-18-24(30-27(32)21-5-2-1-3-6-21)15-19-9-11-20(12-10-19)22-7-4-8-23(16-22)25(31)17-26-29-13-14-33-26/h4,7-14,16,21,24H,1-3,5-6,15,17H2,(H,30,32)/t24-/m0/s1. The molecule has 0 saturated heterocycles. The number of ketones is 1. The smallest absolute Gasteiger partial charge is 0.224 e. The summed E-state index contributed by atoms with van der Waals surface area (Å²) in [6.45, 7) is 0. The molecule has 0 bridgehead atoms. The third-order valence-electron chi connectivity index (χ3n) is 6.16. The Morgan fingerprint density at radius 2 is 1.88 bits per heavy atom. The molecule has 1 heterocycles. The van der Waals surface area contributed by atoms with Crippen LogP contribution in [-0.4, -0.2) is 22.7 Å². The molecule has 1 fully saturated rings. The van der Waals surface area contributed by atoms with Crippen molar-refractivity contribution in [3.05, 3.63) is 76.2 Å². The van der Waals surface area contributed by atoms with Gasteiger partial charge < -0.3 is 5.32 Å². The predicted molar refractivity (Wildman–Crippen MR) is 130 cm³/mol. The predicted octanol–water partition coefficient (Wildman–Crippen LogP) is 5.37. The summed E-state index contributed by atoms with van der Waals surface area (Å²) in [5, 5.41) is 15.2. The van der Waals surface area contributed by atoms with Crippen LogP contribution < -0.4 is 5.32 Å². The number of nitrogens with one attached hydrogen (secondary N) is 1. The Morgan fingerprint density at radius 3 is 2.58 bits per heavy atom. The number of hydrogen-bond donors (Lipinski definition) is 1. The highest BCUT2D eigenvalue weighted by Crippen LogP contribution is 2.25. The second kappa shape index (κ2) is 11.0. The molecule has 168 valence electrons. The molecule has 4 rings (SSSR count). The fourth-order valence-corrected chi connectivity index (χ4v) is 4.92. The topological polar surface area (TPSA) is 82.8 Å².